The number of hydrogen-bond acceptors (Lipinski definition) is 3. The molecular formula is C13H21ClN2O2. The third kappa shape index (κ3) is 5.04. The van der Waals surface area contributed by atoms with Crippen molar-refractivity contribution in [2.75, 3.05) is 13.7 Å². The van der Waals surface area contributed by atoms with Gasteiger partial charge in [0.2, 0.25) is 5.91 Å². The van der Waals surface area contributed by atoms with Crippen LogP contribution in [0, 0.1) is 0 Å². The minimum atomic E-state index is -0.635. The summed E-state index contributed by atoms with van der Waals surface area (Å²) in [6.45, 7) is 4.24. The lowest BCUT2D eigenvalue weighted by Crippen LogP contribution is -2.43. The van der Waals surface area contributed by atoms with Crippen molar-refractivity contribution in [1.82, 2.24) is 5.32 Å². The van der Waals surface area contributed by atoms with Gasteiger partial charge in [-0.3, -0.25) is 4.79 Å². The lowest BCUT2D eigenvalue weighted by Gasteiger charge is -2.24. The first-order valence-corrected chi connectivity index (χ1v) is 5.59. The fraction of sp³-hybridized carbons (Fsp3) is 0.462. The maximum Gasteiger partial charge on any atom is 0.241 e. The standard InChI is InChI=1S/C13H20N2O2.ClH/c1-13(2,17-3)9-15-12(16)11(14)10-7-5-4-6-8-10;/h4-8,11H,9,14H2,1-3H3,(H,15,16);1H. The number of carbonyl (C=O) groups excluding carboxylic acids is 1. The largest absolute Gasteiger partial charge is 0.377 e. The number of benzene rings is 1. The number of halogens is 1. The average Bonchev–Trinajstić information content (AvgIpc) is 2.36. The Morgan fingerprint density at radius 2 is 1.94 bits per heavy atom. The average molecular weight is 273 g/mol. The molecule has 3 N–H and O–H groups in total. The lowest BCUT2D eigenvalue weighted by molar-refractivity contribution is -0.123. The second kappa shape index (κ2) is 7.36. The minimum absolute atomic E-state index is 0. The summed E-state index contributed by atoms with van der Waals surface area (Å²) in [4.78, 5) is 11.8. The molecule has 102 valence electrons. The van der Waals surface area contributed by atoms with Crippen LogP contribution in [-0.4, -0.2) is 25.2 Å². The molecule has 0 spiro atoms. The molecule has 0 bridgehead atoms. The van der Waals surface area contributed by atoms with Gasteiger partial charge in [-0.15, -0.1) is 12.4 Å². The van der Waals surface area contributed by atoms with Gasteiger partial charge in [0.25, 0.3) is 0 Å². The Kier molecular flexibility index (Phi) is 6.91. The summed E-state index contributed by atoms with van der Waals surface area (Å²) in [5.41, 5.74) is 6.28. The number of methoxy groups -OCH3 is 1. The summed E-state index contributed by atoms with van der Waals surface area (Å²) in [5.74, 6) is -0.193. The van der Waals surface area contributed by atoms with Gasteiger partial charge in [0.1, 0.15) is 6.04 Å². The highest BCUT2D eigenvalue weighted by Gasteiger charge is 2.20. The molecule has 0 aliphatic carbocycles. The quantitative estimate of drug-likeness (QED) is 0.857. The molecule has 0 aliphatic rings. The second-order valence-corrected chi connectivity index (χ2v) is 4.57. The van der Waals surface area contributed by atoms with Crippen molar-refractivity contribution in [2.45, 2.75) is 25.5 Å². The predicted octanol–water partition coefficient (Wildman–Crippen LogP) is 1.65. The highest BCUT2D eigenvalue weighted by atomic mass is 35.5. The number of rotatable bonds is 5. The van der Waals surface area contributed by atoms with E-state index >= 15 is 0 Å². The van der Waals surface area contributed by atoms with Gasteiger partial charge >= 0.3 is 0 Å². The maximum atomic E-state index is 11.8. The topological polar surface area (TPSA) is 64.3 Å². The van der Waals surface area contributed by atoms with Crippen LogP contribution in [-0.2, 0) is 9.53 Å². The number of nitrogens with one attached hydrogen (secondary N) is 1. The van der Waals surface area contributed by atoms with Gasteiger partial charge in [0.05, 0.1) is 5.60 Å². The third-order valence-electron chi connectivity index (χ3n) is 2.68. The normalized spacial score (nSPS) is 12.4. The van der Waals surface area contributed by atoms with Crippen LogP contribution in [0.3, 0.4) is 0 Å². The van der Waals surface area contributed by atoms with Gasteiger partial charge in [-0.25, -0.2) is 0 Å². The Balaban J connectivity index is 0.00000289. The van der Waals surface area contributed by atoms with Gasteiger partial charge in [-0.05, 0) is 19.4 Å². The molecule has 0 heterocycles. The molecule has 0 saturated heterocycles. The first-order valence-electron chi connectivity index (χ1n) is 5.59. The van der Waals surface area contributed by atoms with E-state index in [-0.39, 0.29) is 23.9 Å². The summed E-state index contributed by atoms with van der Waals surface area (Å²) in [5, 5.41) is 2.78. The summed E-state index contributed by atoms with van der Waals surface area (Å²) in [6.07, 6.45) is 0. The molecule has 1 aromatic rings. The molecule has 4 nitrogen and oxygen atoms in total. The summed E-state index contributed by atoms with van der Waals surface area (Å²) in [6, 6.07) is 8.66. The molecule has 0 aromatic heterocycles. The molecule has 0 fully saturated rings. The highest BCUT2D eigenvalue weighted by Crippen LogP contribution is 2.10. The van der Waals surface area contributed by atoms with E-state index in [1.165, 1.54) is 0 Å². The van der Waals surface area contributed by atoms with Crippen molar-refractivity contribution >= 4 is 18.3 Å². The van der Waals surface area contributed by atoms with E-state index in [2.05, 4.69) is 5.32 Å². The smallest absolute Gasteiger partial charge is 0.241 e. The molecule has 18 heavy (non-hydrogen) atoms. The monoisotopic (exact) mass is 272 g/mol. The number of nitrogens with two attached hydrogens (primary N) is 1. The lowest BCUT2D eigenvalue weighted by atomic mass is 10.1. The summed E-state index contributed by atoms with van der Waals surface area (Å²) >= 11 is 0. The maximum absolute atomic E-state index is 11.8. The van der Waals surface area contributed by atoms with Crippen LogP contribution in [0.1, 0.15) is 25.5 Å². The van der Waals surface area contributed by atoms with Crippen molar-refractivity contribution < 1.29 is 9.53 Å². The molecule has 1 rings (SSSR count). The number of ether oxygens (including phenoxy) is 1. The van der Waals surface area contributed by atoms with Gasteiger partial charge in [-0.2, -0.15) is 0 Å². The fourth-order valence-corrected chi connectivity index (χ4v) is 1.29. The number of amides is 1. The van der Waals surface area contributed by atoms with Crippen LogP contribution in [0.2, 0.25) is 0 Å². The van der Waals surface area contributed by atoms with E-state index in [1.54, 1.807) is 7.11 Å². The minimum Gasteiger partial charge on any atom is -0.377 e. The fourth-order valence-electron chi connectivity index (χ4n) is 1.29. The van der Waals surface area contributed by atoms with E-state index in [9.17, 15) is 4.79 Å². The first-order chi connectivity index (χ1) is 7.96. The van der Waals surface area contributed by atoms with E-state index < -0.39 is 6.04 Å². The molecule has 1 atom stereocenters. The third-order valence-corrected chi connectivity index (χ3v) is 2.68. The van der Waals surface area contributed by atoms with E-state index in [0.717, 1.165) is 5.56 Å². The van der Waals surface area contributed by atoms with Crippen molar-refractivity contribution in [3.8, 4) is 0 Å². The van der Waals surface area contributed by atoms with Gasteiger partial charge in [0.15, 0.2) is 0 Å². The SMILES string of the molecule is COC(C)(C)CNC(=O)C(N)c1ccccc1.Cl. The number of hydrogen-bond donors (Lipinski definition) is 2. The zero-order valence-electron chi connectivity index (χ0n) is 11.0. The van der Waals surface area contributed by atoms with Gasteiger partial charge in [-0.1, -0.05) is 30.3 Å². The molecular weight excluding hydrogens is 252 g/mol. The Labute approximate surface area is 114 Å². The van der Waals surface area contributed by atoms with Crippen molar-refractivity contribution in [1.29, 1.82) is 0 Å². The van der Waals surface area contributed by atoms with Crippen LogP contribution in [0.4, 0.5) is 0 Å². The van der Waals surface area contributed by atoms with Crippen LogP contribution in [0.15, 0.2) is 30.3 Å². The van der Waals surface area contributed by atoms with Crippen molar-refractivity contribution in [3.05, 3.63) is 35.9 Å². The molecule has 1 amide bonds. The number of carbonyl (C=O) groups is 1. The van der Waals surface area contributed by atoms with Crippen LogP contribution in [0.5, 0.6) is 0 Å². The van der Waals surface area contributed by atoms with Crippen LogP contribution in [0.25, 0.3) is 0 Å². The molecule has 1 aromatic carbocycles. The first kappa shape index (κ1) is 16.9. The molecule has 0 saturated carbocycles. The molecule has 0 aliphatic heterocycles. The molecule has 0 radical (unpaired) electrons. The zero-order chi connectivity index (χ0) is 12.9. The Bertz CT molecular complexity index is 369. The van der Waals surface area contributed by atoms with Crippen molar-refractivity contribution in [3.63, 3.8) is 0 Å². The Morgan fingerprint density at radius 3 is 2.44 bits per heavy atom. The van der Waals surface area contributed by atoms with Crippen LogP contribution < -0.4 is 11.1 Å². The second-order valence-electron chi connectivity index (χ2n) is 4.57. The van der Waals surface area contributed by atoms with Crippen molar-refractivity contribution in [2.24, 2.45) is 5.73 Å². The predicted molar refractivity (Wildman–Crippen MR) is 74.7 cm³/mol. The summed E-state index contributed by atoms with van der Waals surface area (Å²) < 4.78 is 5.22. The molecule has 1 unspecified atom stereocenters. The Morgan fingerprint density at radius 1 is 1.39 bits per heavy atom. The highest BCUT2D eigenvalue weighted by molar-refractivity contribution is 5.85. The van der Waals surface area contributed by atoms with E-state index in [4.69, 9.17) is 10.5 Å². The Hall–Kier alpha value is -1.10. The van der Waals surface area contributed by atoms with Gasteiger partial charge < -0.3 is 15.8 Å². The molecule has 5 heteroatoms. The zero-order valence-corrected chi connectivity index (χ0v) is 11.8. The summed E-state index contributed by atoms with van der Waals surface area (Å²) in [7, 11) is 1.61. The van der Waals surface area contributed by atoms with E-state index in [1.807, 2.05) is 44.2 Å². The van der Waals surface area contributed by atoms with E-state index in [0.29, 0.717) is 6.54 Å². The van der Waals surface area contributed by atoms with Gasteiger partial charge in [0, 0.05) is 13.7 Å². The van der Waals surface area contributed by atoms with Crippen LogP contribution >= 0.6 is 12.4 Å².